The summed E-state index contributed by atoms with van der Waals surface area (Å²) in [5.74, 6) is 1.62. The van der Waals surface area contributed by atoms with E-state index in [1.807, 2.05) is 56.3 Å². The second-order valence-electron chi connectivity index (χ2n) is 11.7. The Morgan fingerprint density at radius 3 is 2.69 bits per heavy atom. The Hall–Kier alpha value is -4.38. The SMILES string of the molecule is C=C(c1cc2cnc(Nc3ccc(OC4CCCN(C)C4)cc3)nc2n(Cc2occc2[S+]([O-])c2ccccc2)c1=O)C(C)C. The van der Waals surface area contributed by atoms with Crippen LogP contribution < -0.4 is 15.6 Å². The number of benzene rings is 2. The number of fused-ring (bicyclic) bond motifs is 1. The predicted octanol–water partition coefficient (Wildman–Crippen LogP) is 6.49. The smallest absolute Gasteiger partial charge is 0.260 e. The first-order valence-corrected chi connectivity index (χ1v) is 16.3. The largest absolute Gasteiger partial charge is 0.606 e. The number of nitrogens with one attached hydrogen (secondary N) is 1. The van der Waals surface area contributed by atoms with E-state index in [1.54, 1.807) is 35.0 Å². The molecule has 0 spiro atoms. The zero-order valence-corrected chi connectivity index (χ0v) is 26.5. The summed E-state index contributed by atoms with van der Waals surface area (Å²) in [6.45, 7) is 10.2. The molecule has 1 fully saturated rings. The lowest BCUT2D eigenvalue weighted by Crippen LogP contribution is -2.38. The molecule has 1 N–H and O–H groups in total. The van der Waals surface area contributed by atoms with Gasteiger partial charge < -0.3 is 23.9 Å². The van der Waals surface area contributed by atoms with Crippen LogP contribution in [0.15, 0.2) is 105 Å². The second-order valence-corrected chi connectivity index (χ2v) is 13.1. The normalized spacial score (nSPS) is 16.2. The molecule has 0 bridgehead atoms. The molecule has 2 aromatic carbocycles. The maximum Gasteiger partial charge on any atom is 0.260 e. The van der Waals surface area contributed by atoms with E-state index >= 15 is 0 Å². The number of likely N-dealkylation sites (N-methyl/N-ethyl adjacent to an activating group) is 1. The van der Waals surface area contributed by atoms with Gasteiger partial charge in [-0.3, -0.25) is 9.36 Å². The van der Waals surface area contributed by atoms with E-state index in [1.165, 1.54) is 6.26 Å². The van der Waals surface area contributed by atoms with Gasteiger partial charge in [-0.15, -0.1) is 0 Å². The molecule has 2 unspecified atom stereocenters. The Kier molecular flexibility index (Phi) is 9.07. The van der Waals surface area contributed by atoms with E-state index in [0.717, 1.165) is 37.4 Å². The van der Waals surface area contributed by atoms with Gasteiger partial charge in [-0.05, 0) is 80.4 Å². The van der Waals surface area contributed by atoms with Crippen LogP contribution in [-0.2, 0) is 17.7 Å². The van der Waals surface area contributed by atoms with E-state index in [-0.39, 0.29) is 24.1 Å². The molecule has 5 aromatic rings. The van der Waals surface area contributed by atoms with Crippen LogP contribution in [0.5, 0.6) is 5.75 Å². The molecule has 1 aliphatic rings. The Labute approximate surface area is 265 Å². The van der Waals surface area contributed by atoms with Gasteiger partial charge >= 0.3 is 0 Å². The van der Waals surface area contributed by atoms with Gasteiger partial charge in [0.1, 0.15) is 17.5 Å². The van der Waals surface area contributed by atoms with Crippen LogP contribution in [0, 0.1) is 5.92 Å². The molecule has 0 aliphatic carbocycles. The first-order valence-electron chi connectivity index (χ1n) is 15.1. The number of anilines is 2. The third-order valence-corrected chi connectivity index (χ3v) is 9.49. The van der Waals surface area contributed by atoms with Gasteiger partial charge in [0.25, 0.3) is 5.56 Å². The number of allylic oxidation sites excluding steroid dienone is 1. The van der Waals surface area contributed by atoms with Gasteiger partial charge in [-0.1, -0.05) is 38.6 Å². The molecule has 1 aliphatic heterocycles. The number of hydrogen-bond donors (Lipinski definition) is 1. The number of ether oxygens (including phenoxy) is 1. The van der Waals surface area contributed by atoms with Crippen molar-refractivity contribution in [3.05, 3.63) is 107 Å². The van der Waals surface area contributed by atoms with Crippen molar-refractivity contribution in [2.24, 2.45) is 5.92 Å². The molecule has 0 amide bonds. The fraction of sp³-hybridized carbons (Fsp3) is 0.286. The van der Waals surface area contributed by atoms with E-state index in [9.17, 15) is 9.35 Å². The first-order chi connectivity index (χ1) is 21.8. The summed E-state index contributed by atoms with van der Waals surface area (Å²) in [5.41, 5.74) is 2.15. The molecule has 0 saturated carbocycles. The highest BCUT2D eigenvalue weighted by atomic mass is 32.2. The highest BCUT2D eigenvalue weighted by Crippen LogP contribution is 2.28. The molecule has 2 atom stereocenters. The molecule has 45 heavy (non-hydrogen) atoms. The van der Waals surface area contributed by atoms with Crippen LogP contribution in [0.1, 0.15) is 38.0 Å². The number of pyridine rings is 1. The average molecular weight is 624 g/mol. The Morgan fingerprint density at radius 2 is 1.96 bits per heavy atom. The van der Waals surface area contributed by atoms with Crippen molar-refractivity contribution in [3.63, 3.8) is 0 Å². The van der Waals surface area contributed by atoms with Crippen molar-refractivity contribution in [2.75, 3.05) is 25.5 Å². The molecule has 1 saturated heterocycles. The monoisotopic (exact) mass is 623 g/mol. The van der Waals surface area contributed by atoms with Crippen molar-refractivity contribution in [2.45, 2.75) is 49.1 Å². The van der Waals surface area contributed by atoms with Crippen LogP contribution in [0.2, 0.25) is 0 Å². The van der Waals surface area contributed by atoms with Crippen LogP contribution in [0.25, 0.3) is 16.6 Å². The first kappa shape index (κ1) is 30.6. The lowest BCUT2D eigenvalue weighted by molar-refractivity contribution is 0.104. The van der Waals surface area contributed by atoms with Crippen molar-refractivity contribution in [1.29, 1.82) is 0 Å². The number of likely N-dealkylation sites (tertiary alicyclic amines) is 1. The van der Waals surface area contributed by atoms with Crippen LogP contribution in [0.3, 0.4) is 0 Å². The summed E-state index contributed by atoms with van der Waals surface area (Å²) in [6.07, 6.45) is 5.55. The van der Waals surface area contributed by atoms with Crippen molar-refractivity contribution in [3.8, 4) is 5.75 Å². The van der Waals surface area contributed by atoms with E-state index in [0.29, 0.717) is 43.7 Å². The minimum Gasteiger partial charge on any atom is -0.606 e. The molecule has 3 aromatic heterocycles. The van der Waals surface area contributed by atoms with Crippen molar-refractivity contribution >= 4 is 39.4 Å². The highest BCUT2D eigenvalue weighted by molar-refractivity contribution is 7.91. The van der Waals surface area contributed by atoms with Gasteiger partial charge in [0.05, 0.1) is 12.8 Å². The molecule has 10 heteroatoms. The second kappa shape index (κ2) is 13.3. The molecule has 232 valence electrons. The van der Waals surface area contributed by atoms with Crippen LogP contribution in [-0.4, -0.2) is 50.2 Å². The fourth-order valence-electron chi connectivity index (χ4n) is 5.48. The minimum atomic E-state index is -1.48. The summed E-state index contributed by atoms with van der Waals surface area (Å²) >= 11 is -1.48. The molecule has 6 rings (SSSR count). The number of rotatable bonds is 10. The Bertz CT molecular complexity index is 1850. The molecule has 0 radical (unpaired) electrons. The summed E-state index contributed by atoms with van der Waals surface area (Å²) in [6, 6.07) is 20.4. The summed E-state index contributed by atoms with van der Waals surface area (Å²) in [4.78, 5) is 26.7. The van der Waals surface area contributed by atoms with Crippen molar-refractivity contribution in [1.82, 2.24) is 19.4 Å². The zero-order valence-electron chi connectivity index (χ0n) is 25.7. The lowest BCUT2D eigenvalue weighted by Gasteiger charge is -2.30. The van der Waals surface area contributed by atoms with E-state index in [2.05, 4.69) is 28.8 Å². The summed E-state index contributed by atoms with van der Waals surface area (Å²) < 4.78 is 27.0. The highest BCUT2D eigenvalue weighted by Gasteiger charge is 2.25. The summed E-state index contributed by atoms with van der Waals surface area (Å²) in [5, 5.41) is 3.93. The third kappa shape index (κ3) is 6.83. The van der Waals surface area contributed by atoms with Crippen LogP contribution in [0.4, 0.5) is 11.6 Å². The van der Waals surface area contributed by atoms with Gasteiger partial charge in [0, 0.05) is 46.6 Å². The molecule has 9 nitrogen and oxygen atoms in total. The molecular formula is C35H37N5O4S. The minimum absolute atomic E-state index is 0.0360. The quantitative estimate of drug-likeness (QED) is 0.176. The van der Waals surface area contributed by atoms with Gasteiger partial charge in [0.15, 0.2) is 10.7 Å². The molecular weight excluding hydrogens is 586 g/mol. The van der Waals surface area contributed by atoms with Crippen molar-refractivity contribution < 1.29 is 13.7 Å². The number of piperidine rings is 1. The van der Waals surface area contributed by atoms with Gasteiger partial charge in [-0.25, -0.2) is 4.98 Å². The topological polar surface area (TPSA) is 108 Å². The number of hydrogen-bond acceptors (Lipinski definition) is 8. The standard InChI is InChI=1S/C35H37N5O4S/c1-23(2)24(3)30-19-25-20-36-35(37-26-12-14-27(15-13-26)44-28-9-8-17-39(4)21-28)38-33(25)40(34(30)41)22-31-32(16-18-43-31)45(42)29-10-6-5-7-11-29/h5-7,10-16,18-20,23,28H,3,8-9,17,21-22H2,1-2,4H3,(H,36,37,38). The fourth-order valence-corrected chi connectivity index (χ4v) is 6.64. The van der Waals surface area contributed by atoms with Gasteiger partial charge in [-0.2, -0.15) is 4.98 Å². The number of nitrogens with zero attached hydrogens (tertiary/aromatic N) is 4. The van der Waals surface area contributed by atoms with E-state index in [4.69, 9.17) is 14.1 Å². The Morgan fingerprint density at radius 1 is 1.18 bits per heavy atom. The van der Waals surface area contributed by atoms with E-state index < -0.39 is 11.2 Å². The third-order valence-electron chi connectivity index (χ3n) is 8.03. The maximum absolute atomic E-state index is 14.0. The maximum atomic E-state index is 14.0. The Balaban J connectivity index is 1.32. The van der Waals surface area contributed by atoms with Gasteiger partial charge in [0.2, 0.25) is 10.8 Å². The number of furan rings is 1. The molecule has 4 heterocycles. The lowest BCUT2D eigenvalue weighted by atomic mass is 9.97. The van der Waals surface area contributed by atoms with Crippen LogP contribution >= 0.6 is 0 Å². The summed E-state index contributed by atoms with van der Waals surface area (Å²) in [7, 11) is 2.12. The predicted molar refractivity (Wildman–Crippen MR) is 177 cm³/mol. The average Bonchev–Trinajstić information content (AvgIpc) is 3.51. The number of aromatic nitrogens is 3. The zero-order chi connectivity index (χ0) is 31.5.